The van der Waals surface area contributed by atoms with Gasteiger partial charge in [-0.25, -0.2) is 0 Å². The summed E-state index contributed by atoms with van der Waals surface area (Å²) in [5.41, 5.74) is 2.00. The molecule has 1 fully saturated rings. The molecule has 0 atom stereocenters. The Hall–Kier alpha value is -2.95. The predicted molar refractivity (Wildman–Crippen MR) is 98.9 cm³/mol. The maximum absolute atomic E-state index is 12.3. The molecule has 0 spiro atoms. The second kappa shape index (κ2) is 7.95. The molecular weight excluding hydrogens is 330 g/mol. The van der Waals surface area contributed by atoms with Crippen LogP contribution in [-0.2, 0) is 4.79 Å². The first-order chi connectivity index (χ1) is 12.6. The minimum absolute atomic E-state index is 0.0733. The zero-order chi connectivity index (χ0) is 18.5. The number of hydrogen-bond acceptors (Lipinski definition) is 4. The van der Waals surface area contributed by atoms with E-state index in [-0.39, 0.29) is 24.1 Å². The third kappa shape index (κ3) is 3.99. The summed E-state index contributed by atoms with van der Waals surface area (Å²) in [6.45, 7) is 2.46. The maximum atomic E-state index is 12.3. The SMILES string of the molecule is CCC(=O)c1ccc(OCC(=O)c2ccc(N3CCCC3=O)cc2)cc1. The van der Waals surface area contributed by atoms with Crippen molar-refractivity contribution in [2.45, 2.75) is 26.2 Å². The van der Waals surface area contributed by atoms with Crippen LogP contribution in [0.15, 0.2) is 48.5 Å². The van der Waals surface area contributed by atoms with E-state index in [1.165, 1.54) is 0 Å². The van der Waals surface area contributed by atoms with Gasteiger partial charge >= 0.3 is 0 Å². The molecule has 3 rings (SSSR count). The monoisotopic (exact) mass is 351 g/mol. The van der Waals surface area contributed by atoms with Gasteiger partial charge in [-0.15, -0.1) is 0 Å². The van der Waals surface area contributed by atoms with E-state index in [9.17, 15) is 14.4 Å². The van der Waals surface area contributed by atoms with Gasteiger partial charge in [-0.05, 0) is 55.0 Å². The second-order valence-corrected chi connectivity index (χ2v) is 6.21. The minimum Gasteiger partial charge on any atom is -0.485 e. The predicted octanol–water partition coefficient (Wildman–Crippen LogP) is 3.67. The number of hydrogen-bond donors (Lipinski definition) is 0. The zero-order valence-corrected chi connectivity index (χ0v) is 14.7. The number of ketones is 2. The van der Waals surface area contributed by atoms with Crippen molar-refractivity contribution < 1.29 is 19.1 Å². The summed E-state index contributed by atoms with van der Waals surface area (Å²) >= 11 is 0. The fourth-order valence-corrected chi connectivity index (χ4v) is 2.92. The lowest BCUT2D eigenvalue weighted by atomic mass is 10.1. The largest absolute Gasteiger partial charge is 0.485 e. The molecule has 0 bridgehead atoms. The lowest BCUT2D eigenvalue weighted by Crippen LogP contribution is -2.23. The highest BCUT2D eigenvalue weighted by molar-refractivity contribution is 5.99. The molecule has 2 aromatic rings. The minimum atomic E-state index is -0.141. The number of ether oxygens (including phenoxy) is 1. The Morgan fingerprint density at radius 1 is 0.962 bits per heavy atom. The fourth-order valence-electron chi connectivity index (χ4n) is 2.92. The Bertz CT molecular complexity index is 809. The molecule has 0 saturated carbocycles. The summed E-state index contributed by atoms with van der Waals surface area (Å²) in [6.07, 6.45) is 1.91. The Kier molecular flexibility index (Phi) is 5.46. The molecule has 1 aliphatic rings. The molecule has 5 nitrogen and oxygen atoms in total. The van der Waals surface area contributed by atoms with Gasteiger partial charge in [0.2, 0.25) is 5.91 Å². The van der Waals surface area contributed by atoms with Gasteiger partial charge in [0.1, 0.15) is 5.75 Å². The first-order valence-electron chi connectivity index (χ1n) is 8.78. The summed E-state index contributed by atoms with van der Waals surface area (Å²) in [7, 11) is 0. The second-order valence-electron chi connectivity index (χ2n) is 6.21. The third-order valence-electron chi connectivity index (χ3n) is 4.44. The van der Waals surface area contributed by atoms with E-state index in [1.807, 2.05) is 6.92 Å². The summed E-state index contributed by atoms with van der Waals surface area (Å²) in [4.78, 5) is 37.4. The van der Waals surface area contributed by atoms with E-state index in [0.29, 0.717) is 29.7 Å². The van der Waals surface area contributed by atoms with Gasteiger partial charge in [-0.1, -0.05) is 6.92 Å². The van der Waals surface area contributed by atoms with E-state index >= 15 is 0 Å². The average molecular weight is 351 g/mol. The van der Waals surface area contributed by atoms with Crippen LogP contribution in [0.5, 0.6) is 5.75 Å². The van der Waals surface area contributed by atoms with Crippen LogP contribution < -0.4 is 9.64 Å². The van der Waals surface area contributed by atoms with Gasteiger partial charge in [0.05, 0.1) is 0 Å². The van der Waals surface area contributed by atoms with Gasteiger partial charge < -0.3 is 9.64 Å². The van der Waals surface area contributed by atoms with E-state index < -0.39 is 0 Å². The summed E-state index contributed by atoms with van der Waals surface area (Å²) < 4.78 is 5.51. The quantitative estimate of drug-likeness (QED) is 0.714. The maximum Gasteiger partial charge on any atom is 0.227 e. The van der Waals surface area contributed by atoms with Crippen LogP contribution in [0, 0.1) is 0 Å². The van der Waals surface area contributed by atoms with Crippen LogP contribution in [0.1, 0.15) is 46.9 Å². The van der Waals surface area contributed by atoms with E-state index in [1.54, 1.807) is 53.4 Å². The first kappa shape index (κ1) is 17.9. The molecule has 134 valence electrons. The van der Waals surface area contributed by atoms with Crippen molar-refractivity contribution in [1.82, 2.24) is 0 Å². The highest BCUT2D eigenvalue weighted by Crippen LogP contribution is 2.22. The molecule has 0 unspecified atom stereocenters. The molecule has 2 aromatic carbocycles. The number of carbonyl (C=O) groups excluding carboxylic acids is 3. The number of Topliss-reactive ketones (excluding diaryl/α,β-unsaturated/α-hetero) is 2. The Morgan fingerprint density at radius 2 is 1.58 bits per heavy atom. The topological polar surface area (TPSA) is 63.7 Å². The Morgan fingerprint density at radius 3 is 2.15 bits per heavy atom. The molecule has 26 heavy (non-hydrogen) atoms. The molecule has 0 aliphatic carbocycles. The van der Waals surface area contributed by atoms with Gasteiger partial charge in [-0.2, -0.15) is 0 Å². The van der Waals surface area contributed by atoms with Crippen molar-refractivity contribution in [2.24, 2.45) is 0 Å². The Labute approximate surface area is 152 Å². The standard InChI is InChI=1S/C21H21NO4/c1-2-19(23)15-7-11-18(12-8-15)26-14-20(24)16-5-9-17(10-6-16)22-13-3-4-21(22)25/h5-12H,2-4,13-14H2,1H3. The lowest BCUT2D eigenvalue weighted by molar-refractivity contribution is -0.117. The first-order valence-corrected chi connectivity index (χ1v) is 8.78. The van der Waals surface area contributed by atoms with Gasteiger partial charge in [0, 0.05) is 36.2 Å². The molecule has 1 heterocycles. The average Bonchev–Trinajstić information content (AvgIpc) is 3.12. The van der Waals surface area contributed by atoms with Crippen LogP contribution in [0.4, 0.5) is 5.69 Å². The molecule has 5 heteroatoms. The fraction of sp³-hybridized carbons (Fsp3) is 0.286. The zero-order valence-electron chi connectivity index (χ0n) is 14.7. The van der Waals surface area contributed by atoms with Crippen molar-refractivity contribution in [1.29, 1.82) is 0 Å². The normalized spacial score (nSPS) is 13.7. The molecule has 0 radical (unpaired) electrons. The van der Waals surface area contributed by atoms with Crippen molar-refractivity contribution >= 4 is 23.2 Å². The summed E-state index contributed by atoms with van der Waals surface area (Å²) in [6, 6.07) is 13.8. The van der Waals surface area contributed by atoms with Crippen LogP contribution in [0.2, 0.25) is 0 Å². The van der Waals surface area contributed by atoms with Gasteiger partial charge in [0.25, 0.3) is 0 Å². The number of amides is 1. The van der Waals surface area contributed by atoms with Crippen LogP contribution in [-0.4, -0.2) is 30.6 Å². The summed E-state index contributed by atoms with van der Waals surface area (Å²) in [5.74, 6) is 0.602. The highest BCUT2D eigenvalue weighted by atomic mass is 16.5. The van der Waals surface area contributed by atoms with Crippen molar-refractivity contribution in [3.05, 3.63) is 59.7 Å². The van der Waals surface area contributed by atoms with Crippen molar-refractivity contribution in [3.8, 4) is 5.75 Å². The highest BCUT2D eigenvalue weighted by Gasteiger charge is 2.21. The lowest BCUT2D eigenvalue weighted by Gasteiger charge is -2.15. The number of rotatable bonds is 7. The number of carbonyl (C=O) groups is 3. The van der Waals surface area contributed by atoms with E-state index in [4.69, 9.17) is 4.74 Å². The number of benzene rings is 2. The molecule has 1 amide bonds. The smallest absolute Gasteiger partial charge is 0.227 e. The van der Waals surface area contributed by atoms with Crippen LogP contribution in [0.25, 0.3) is 0 Å². The van der Waals surface area contributed by atoms with Crippen molar-refractivity contribution in [2.75, 3.05) is 18.1 Å². The summed E-state index contributed by atoms with van der Waals surface area (Å²) in [5, 5.41) is 0. The van der Waals surface area contributed by atoms with Gasteiger partial charge in [-0.3, -0.25) is 14.4 Å². The Balaban J connectivity index is 1.58. The molecule has 1 aliphatic heterocycles. The van der Waals surface area contributed by atoms with Crippen LogP contribution >= 0.6 is 0 Å². The molecular formula is C21H21NO4. The molecule has 0 aromatic heterocycles. The number of nitrogens with zero attached hydrogens (tertiary/aromatic N) is 1. The number of anilines is 1. The molecule has 0 N–H and O–H groups in total. The van der Waals surface area contributed by atoms with Crippen LogP contribution in [0.3, 0.4) is 0 Å². The van der Waals surface area contributed by atoms with E-state index in [0.717, 1.165) is 18.7 Å². The van der Waals surface area contributed by atoms with Gasteiger partial charge in [0.15, 0.2) is 18.2 Å². The molecule has 1 saturated heterocycles. The third-order valence-corrected chi connectivity index (χ3v) is 4.44. The van der Waals surface area contributed by atoms with Crippen molar-refractivity contribution in [3.63, 3.8) is 0 Å². The van der Waals surface area contributed by atoms with E-state index in [2.05, 4.69) is 0 Å².